The maximum atomic E-state index is 5.83. The highest BCUT2D eigenvalue weighted by Gasteiger charge is 2.14. The first-order chi connectivity index (χ1) is 8.24. The quantitative estimate of drug-likeness (QED) is 0.625. The molecule has 1 aliphatic rings. The fourth-order valence-corrected chi connectivity index (χ4v) is 2.73. The van der Waals surface area contributed by atoms with Crippen molar-refractivity contribution in [1.29, 1.82) is 0 Å². The van der Waals surface area contributed by atoms with E-state index in [4.69, 9.17) is 5.73 Å². The Kier molecular flexibility index (Phi) is 4.30. The van der Waals surface area contributed by atoms with Crippen molar-refractivity contribution in [2.75, 3.05) is 6.54 Å². The van der Waals surface area contributed by atoms with Crippen molar-refractivity contribution in [2.45, 2.75) is 45.1 Å². The highest BCUT2D eigenvalue weighted by atomic mass is 32.1. The molecule has 0 atom stereocenters. The van der Waals surface area contributed by atoms with Gasteiger partial charge in [-0.25, -0.2) is 0 Å². The second kappa shape index (κ2) is 5.95. The smallest absolute Gasteiger partial charge is 0.188 e. The van der Waals surface area contributed by atoms with Gasteiger partial charge in [0.05, 0.1) is 0 Å². The zero-order chi connectivity index (χ0) is 12.1. The second-order valence-corrected chi connectivity index (χ2v) is 5.62. The minimum atomic E-state index is 0.530. The van der Waals surface area contributed by atoms with Crippen molar-refractivity contribution >= 4 is 17.3 Å². The first kappa shape index (κ1) is 12.3. The number of nitrogens with one attached hydrogen (secondary N) is 1. The van der Waals surface area contributed by atoms with Crippen LogP contribution in [-0.2, 0) is 6.42 Å². The van der Waals surface area contributed by atoms with Crippen LogP contribution < -0.4 is 11.1 Å². The molecule has 6 heteroatoms. The monoisotopic (exact) mass is 253 g/mol. The number of aryl methyl sites for hydroxylation is 1. The summed E-state index contributed by atoms with van der Waals surface area (Å²) in [5, 5.41) is 13.3. The Morgan fingerprint density at radius 3 is 2.88 bits per heavy atom. The molecular weight excluding hydrogens is 234 g/mol. The first-order valence-corrected chi connectivity index (χ1v) is 6.91. The minimum absolute atomic E-state index is 0.530. The molecule has 1 saturated carbocycles. The molecule has 1 fully saturated rings. The van der Waals surface area contributed by atoms with Gasteiger partial charge in [0.1, 0.15) is 10.0 Å². The molecule has 0 unspecified atom stereocenters. The third kappa shape index (κ3) is 3.96. The summed E-state index contributed by atoms with van der Waals surface area (Å²) < 4.78 is 0. The molecule has 0 spiro atoms. The van der Waals surface area contributed by atoms with E-state index in [1.54, 1.807) is 11.3 Å². The third-order valence-electron chi connectivity index (χ3n) is 2.88. The van der Waals surface area contributed by atoms with Crippen molar-refractivity contribution in [3.05, 3.63) is 10.0 Å². The van der Waals surface area contributed by atoms with E-state index >= 15 is 0 Å². The zero-order valence-corrected chi connectivity index (χ0v) is 11.0. The first-order valence-electron chi connectivity index (χ1n) is 6.09. The SMILES string of the molecule is Cc1nnc(CCN=C(N)NC2CCCC2)s1. The second-order valence-electron chi connectivity index (χ2n) is 4.36. The Balaban J connectivity index is 1.72. The van der Waals surface area contributed by atoms with E-state index in [1.807, 2.05) is 6.92 Å². The average Bonchev–Trinajstić information content (AvgIpc) is 2.90. The van der Waals surface area contributed by atoms with Gasteiger partial charge in [0.25, 0.3) is 0 Å². The predicted molar refractivity (Wildman–Crippen MR) is 70.2 cm³/mol. The zero-order valence-electron chi connectivity index (χ0n) is 10.1. The minimum Gasteiger partial charge on any atom is -0.370 e. The maximum absolute atomic E-state index is 5.83. The molecule has 1 aliphatic carbocycles. The van der Waals surface area contributed by atoms with Crippen molar-refractivity contribution in [3.8, 4) is 0 Å². The van der Waals surface area contributed by atoms with Gasteiger partial charge in [-0.05, 0) is 19.8 Å². The van der Waals surface area contributed by atoms with Gasteiger partial charge in [-0.1, -0.05) is 12.8 Å². The lowest BCUT2D eigenvalue weighted by Crippen LogP contribution is -2.38. The van der Waals surface area contributed by atoms with Crippen molar-refractivity contribution in [3.63, 3.8) is 0 Å². The molecule has 0 radical (unpaired) electrons. The Labute approximate surface area is 106 Å². The van der Waals surface area contributed by atoms with Gasteiger partial charge in [0, 0.05) is 19.0 Å². The number of aromatic nitrogens is 2. The van der Waals surface area contributed by atoms with Crippen LogP contribution in [0.15, 0.2) is 4.99 Å². The van der Waals surface area contributed by atoms with Crippen LogP contribution in [0.3, 0.4) is 0 Å². The number of hydrogen-bond donors (Lipinski definition) is 2. The van der Waals surface area contributed by atoms with Gasteiger partial charge in [0.15, 0.2) is 5.96 Å². The molecule has 94 valence electrons. The van der Waals surface area contributed by atoms with Gasteiger partial charge in [-0.2, -0.15) is 0 Å². The summed E-state index contributed by atoms with van der Waals surface area (Å²) in [4.78, 5) is 4.31. The van der Waals surface area contributed by atoms with Crippen LogP contribution in [0, 0.1) is 6.92 Å². The number of nitrogens with zero attached hydrogens (tertiary/aromatic N) is 3. The van der Waals surface area contributed by atoms with E-state index in [0.29, 0.717) is 18.5 Å². The lowest BCUT2D eigenvalue weighted by molar-refractivity contribution is 0.625. The van der Waals surface area contributed by atoms with Crippen LogP contribution in [0.5, 0.6) is 0 Å². The van der Waals surface area contributed by atoms with Crippen LogP contribution >= 0.6 is 11.3 Å². The van der Waals surface area contributed by atoms with Crippen LogP contribution in [0.2, 0.25) is 0 Å². The Hall–Kier alpha value is -1.17. The van der Waals surface area contributed by atoms with E-state index < -0.39 is 0 Å². The standard InChI is InChI=1S/C11H19N5S/c1-8-15-16-10(17-8)6-7-13-11(12)14-9-4-2-3-5-9/h9H,2-7H2,1H3,(H3,12,13,14). The van der Waals surface area contributed by atoms with E-state index in [1.165, 1.54) is 25.7 Å². The Morgan fingerprint density at radius 2 is 2.24 bits per heavy atom. The summed E-state index contributed by atoms with van der Waals surface area (Å²) >= 11 is 1.62. The summed E-state index contributed by atoms with van der Waals surface area (Å²) in [5.41, 5.74) is 5.83. The predicted octanol–water partition coefficient (Wildman–Crippen LogP) is 1.24. The Bertz CT molecular complexity index is 381. The molecule has 2 rings (SSSR count). The van der Waals surface area contributed by atoms with E-state index in [2.05, 4.69) is 20.5 Å². The molecule has 1 aromatic rings. The number of hydrogen-bond acceptors (Lipinski definition) is 4. The molecule has 3 N–H and O–H groups in total. The Morgan fingerprint density at radius 1 is 1.47 bits per heavy atom. The normalized spacial score (nSPS) is 17.6. The summed E-state index contributed by atoms with van der Waals surface area (Å²) in [7, 11) is 0. The van der Waals surface area contributed by atoms with Crippen molar-refractivity contribution in [1.82, 2.24) is 15.5 Å². The fraction of sp³-hybridized carbons (Fsp3) is 0.727. The van der Waals surface area contributed by atoms with Crippen LogP contribution in [0.4, 0.5) is 0 Å². The van der Waals surface area contributed by atoms with Crippen molar-refractivity contribution in [2.24, 2.45) is 10.7 Å². The third-order valence-corrected chi connectivity index (χ3v) is 3.78. The van der Waals surface area contributed by atoms with Gasteiger partial charge in [-0.3, -0.25) is 4.99 Å². The highest BCUT2D eigenvalue weighted by Crippen LogP contribution is 2.17. The molecule has 5 nitrogen and oxygen atoms in total. The van der Waals surface area contributed by atoms with Crippen LogP contribution in [-0.4, -0.2) is 28.7 Å². The molecular formula is C11H19N5S. The lowest BCUT2D eigenvalue weighted by atomic mass is 10.2. The summed E-state index contributed by atoms with van der Waals surface area (Å²) in [6.45, 7) is 2.64. The van der Waals surface area contributed by atoms with Crippen LogP contribution in [0.1, 0.15) is 35.7 Å². The topological polar surface area (TPSA) is 76.2 Å². The van der Waals surface area contributed by atoms with Gasteiger partial charge < -0.3 is 11.1 Å². The molecule has 0 aromatic carbocycles. The molecule has 1 heterocycles. The van der Waals surface area contributed by atoms with Crippen molar-refractivity contribution < 1.29 is 0 Å². The van der Waals surface area contributed by atoms with Gasteiger partial charge in [0.2, 0.25) is 0 Å². The summed E-state index contributed by atoms with van der Waals surface area (Å²) in [6.07, 6.45) is 5.85. The molecule has 0 amide bonds. The number of guanidine groups is 1. The summed E-state index contributed by atoms with van der Waals surface area (Å²) in [5.74, 6) is 0.568. The van der Waals surface area contributed by atoms with Gasteiger partial charge >= 0.3 is 0 Å². The number of nitrogens with two attached hydrogens (primary N) is 1. The van der Waals surface area contributed by atoms with E-state index in [-0.39, 0.29) is 0 Å². The summed E-state index contributed by atoms with van der Waals surface area (Å²) in [6, 6.07) is 0.530. The molecule has 0 aliphatic heterocycles. The number of aliphatic imine (C=N–C) groups is 1. The molecule has 17 heavy (non-hydrogen) atoms. The number of rotatable bonds is 4. The van der Waals surface area contributed by atoms with Crippen LogP contribution in [0.25, 0.3) is 0 Å². The average molecular weight is 253 g/mol. The molecule has 1 aromatic heterocycles. The maximum Gasteiger partial charge on any atom is 0.188 e. The largest absolute Gasteiger partial charge is 0.370 e. The molecule has 0 saturated heterocycles. The van der Waals surface area contributed by atoms with E-state index in [9.17, 15) is 0 Å². The highest BCUT2D eigenvalue weighted by molar-refractivity contribution is 7.11. The lowest BCUT2D eigenvalue weighted by Gasteiger charge is -2.11. The van der Waals surface area contributed by atoms with E-state index in [0.717, 1.165) is 16.4 Å². The van der Waals surface area contributed by atoms with Gasteiger partial charge in [-0.15, -0.1) is 21.5 Å². The molecule has 0 bridgehead atoms. The fourth-order valence-electron chi connectivity index (χ4n) is 2.04.